The largest absolute Gasteiger partial charge is 0.452 e. The first-order valence-corrected chi connectivity index (χ1v) is 12.6. The fraction of sp³-hybridized carbons (Fsp3) is 0.346. The van der Waals surface area contributed by atoms with Crippen molar-refractivity contribution in [3.05, 3.63) is 54.1 Å². The average molecular weight is 544 g/mol. The zero-order chi connectivity index (χ0) is 26.4. The lowest BCUT2D eigenvalue weighted by molar-refractivity contribution is -0.123. The number of benzene rings is 2. The van der Waals surface area contributed by atoms with Gasteiger partial charge in [-0.15, -0.1) is 23.2 Å². The van der Waals surface area contributed by atoms with Crippen LogP contribution < -0.4 is 15.5 Å². The van der Waals surface area contributed by atoms with Gasteiger partial charge in [-0.25, -0.2) is 4.79 Å². The van der Waals surface area contributed by atoms with E-state index in [-0.39, 0.29) is 51.6 Å². The number of amides is 4. The number of fused-ring (bicyclic) bond motifs is 5. The third-order valence-corrected chi connectivity index (χ3v) is 8.47. The zero-order valence-corrected chi connectivity index (χ0v) is 21.2. The first-order valence-electron chi connectivity index (χ1n) is 11.8. The summed E-state index contributed by atoms with van der Waals surface area (Å²) in [6.07, 6.45) is 0.664. The summed E-state index contributed by atoms with van der Waals surface area (Å²) in [5.41, 5.74) is 1.39. The second kappa shape index (κ2) is 9.79. The van der Waals surface area contributed by atoms with Gasteiger partial charge in [-0.3, -0.25) is 24.1 Å². The number of carbonyl (C=O) groups excluding carboxylic acids is 5. The molecule has 3 fully saturated rings. The van der Waals surface area contributed by atoms with E-state index in [0.29, 0.717) is 17.8 Å². The van der Waals surface area contributed by atoms with E-state index < -0.39 is 30.3 Å². The van der Waals surface area contributed by atoms with E-state index in [1.807, 2.05) is 0 Å². The molecule has 37 heavy (non-hydrogen) atoms. The minimum atomic E-state index is -0.779. The zero-order valence-electron chi connectivity index (χ0n) is 19.6. The molecule has 1 heterocycles. The number of nitrogens with one attached hydrogen (secondary N) is 2. The lowest BCUT2D eigenvalue weighted by atomic mass is 9.80. The van der Waals surface area contributed by atoms with Crippen LogP contribution in [0.4, 0.5) is 17.1 Å². The van der Waals surface area contributed by atoms with Crippen molar-refractivity contribution >= 4 is 69.9 Å². The second-order valence-corrected chi connectivity index (χ2v) is 10.5. The average Bonchev–Trinajstić information content (AvgIpc) is 3.48. The number of imide groups is 1. The summed E-state index contributed by atoms with van der Waals surface area (Å²) in [6, 6.07) is 12.4. The SMILES string of the molecule is CC(=O)Nc1ccc(NC(=O)COC(=O)c2cccc(N3C(=O)[C@@H]4[C@H]5C[C@@H]([C@H](Cl)[C@@H]5Cl)[C@@H]4C3=O)c2)cc1. The van der Waals surface area contributed by atoms with Gasteiger partial charge in [0.2, 0.25) is 17.7 Å². The van der Waals surface area contributed by atoms with Crippen molar-refractivity contribution in [2.45, 2.75) is 24.1 Å². The van der Waals surface area contributed by atoms with Crippen molar-refractivity contribution in [1.29, 1.82) is 0 Å². The predicted molar refractivity (Wildman–Crippen MR) is 136 cm³/mol. The van der Waals surface area contributed by atoms with E-state index >= 15 is 0 Å². The molecule has 6 atom stereocenters. The summed E-state index contributed by atoms with van der Waals surface area (Å²) in [6.45, 7) is 0.847. The first-order chi connectivity index (χ1) is 17.7. The van der Waals surface area contributed by atoms with Crippen LogP contribution in [0.3, 0.4) is 0 Å². The van der Waals surface area contributed by atoms with Crippen LogP contribution >= 0.6 is 23.2 Å². The van der Waals surface area contributed by atoms with Crippen molar-refractivity contribution in [2.75, 3.05) is 22.1 Å². The molecule has 0 aromatic heterocycles. The third kappa shape index (κ3) is 4.57. The third-order valence-electron chi connectivity index (χ3n) is 7.15. The normalized spacial score (nSPS) is 27.7. The number of esters is 1. The first kappa shape index (κ1) is 25.2. The number of ether oxygens (including phenoxy) is 1. The maximum absolute atomic E-state index is 13.2. The van der Waals surface area contributed by atoms with Gasteiger partial charge in [-0.1, -0.05) is 6.07 Å². The van der Waals surface area contributed by atoms with E-state index in [9.17, 15) is 24.0 Å². The molecule has 5 rings (SSSR count). The maximum atomic E-state index is 13.2. The molecule has 2 N–H and O–H groups in total. The van der Waals surface area contributed by atoms with Gasteiger partial charge < -0.3 is 15.4 Å². The Morgan fingerprint density at radius 1 is 0.919 bits per heavy atom. The van der Waals surface area contributed by atoms with Crippen LogP contribution in [0.15, 0.2) is 48.5 Å². The Labute approximate surface area is 222 Å². The Morgan fingerprint density at radius 2 is 1.49 bits per heavy atom. The lowest BCUT2D eigenvalue weighted by Gasteiger charge is -2.28. The summed E-state index contributed by atoms with van der Waals surface area (Å²) >= 11 is 12.8. The molecule has 0 unspecified atom stereocenters. The fourth-order valence-electron chi connectivity index (χ4n) is 5.63. The Hall–Kier alpha value is -3.43. The highest BCUT2D eigenvalue weighted by molar-refractivity contribution is 6.32. The predicted octanol–water partition coefficient (Wildman–Crippen LogP) is 3.41. The monoisotopic (exact) mass is 543 g/mol. The maximum Gasteiger partial charge on any atom is 0.338 e. The van der Waals surface area contributed by atoms with Gasteiger partial charge in [0.25, 0.3) is 5.91 Å². The highest BCUT2D eigenvalue weighted by Crippen LogP contribution is 2.59. The number of alkyl halides is 2. The summed E-state index contributed by atoms with van der Waals surface area (Å²) < 4.78 is 5.13. The van der Waals surface area contributed by atoms with Gasteiger partial charge in [0, 0.05) is 18.3 Å². The molecule has 2 bridgehead atoms. The van der Waals surface area contributed by atoms with Crippen LogP contribution in [0.1, 0.15) is 23.7 Å². The quantitative estimate of drug-likeness (QED) is 0.327. The Morgan fingerprint density at radius 3 is 2.05 bits per heavy atom. The molecule has 2 saturated carbocycles. The molecule has 9 nitrogen and oxygen atoms in total. The molecule has 0 radical (unpaired) electrons. The van der Waals surface area contributed by atoms with Gasteiger partial charge in [0.1, 0.15) is 0 Å². The highest BCUT2D eigenvalue weighted by atomic mass is 35.5. The number of rotatable bonds is 6. The molecule has 3 aliphatic rings. The van der Waals surface area contributed by atoms with E-state index in [1.165, 1.54) is 19.1 Å². The number of hydrogen-bond acceptors (Lipinski definition) is 6. The topological polar surface area (TPSA) is 122 Å². The molecule has 1 saturated heterocycles. The van der Waals surface area contributed by atoms with E-state index in [0.717, 1.165) is 4.90 Å². The number of halogens is 2. The van der Waals surface area contributed by atoms with Crippen LogP contribution in [0.5, 0.6) is 0 Å². The minimum Gasteiger partial charge on any atom is -0.452 e. The second-order valence-electron chi connectivity index (χ2n) is 9.45. The van der Waals surface area contributed by atoms with E-state index in [1.54, 1.807) is 36.4 Å². The van der Waals surface area contributed by atoms with Gasteiger partial charge in [0.15, 0.2) is 6.61 Å². The minimum absolute atomic E-state index is 0.0935. The van der Waals surface area contributed by atoms with Crippen LogP contribution in [-0.4, -0.2) is 47.0 Å². The van der Waals surface area contributed by atoms with E-state index in [2.05, 4.69) is 10.6 Å². The molecule has 2 aromatic carbocycles. The Bertz CT molecular complexity index is 1270. The summed E-state index contributed by atoms with van der Waals surface area (Å²) in [5.74, 6) is -3.49. The number of nitrogens with zero attached hydrogens (tertiary/aromatic N) is 1. The van der Waals surface area contributed by atoms with Crippen molar-refractivity contribution in [3.8, 4) is 0 Å². The van der Waals surface area contributed by atoms with Crippen LogP contribution in [0, 0.1) is 23.7 Å². The van der Waals surface area contributed by atoms with Crippen molar-refractivity contribution < 1.29 is 28.7 Å². The van der Waals surface area contributed by atoms with Crippen molar-refractivity contribution in [3.63, 3.8) is 0 Å². The Kier molecular flexibility index (Phi) is 6.68. The molecule has 2 aromatic rings. The molecule has 11 heteroatoms. The standard InChI is InChI=1S/C26H23Cl2N3O6/c1-12(32)29-14-5-7-15(8-6-14)30-19(33)11-37-26(36)13-3-2-4-16(9-13)31-24(34)20-17-10-18(21(20)25(31)35)23(28)22(17)27/h2-9,17-18,20-23H,10-11H2,1H3,(H,29,32)(H,30,33)/t17-,18-,20-,21+,22-,23+/m1/s1. The smallest absolute Gasteiger partial charge is 0.338 e. The molecule has 2 aliphatic carbocycles. The van der Waals surface area contributed by atoms with Gasteiger partial charge in [-0.2, -0.15) is 0 Å². The molecule has 4 amide bonds. The molecule has 1 aliphatic heterocycles. The summed E-state index contributed by atoms with van der Waals surface area (Å²) in [5, 5.41) is 4.50. The van der Waals surface area contributed by atoms with Gasteiger partial charge >= 0.3 is 5.97 Å². The van der Waals surface area contributed by atoms with Crippen LogP contribution in [0.25, 0.3) is 0 Å². The molecular formula is C26H23Cl2N3O6. The summed E-state index contributed by atoms with van der Waals surface area (Å²) in [7, 11) is 0. The summed E-state index contributed by atoms with van der Waals surface area (Å²) in [4.78, 5) is 63.4. The lowest BCUT2D eigenvalue weighted by Crippen LogP contribution is -2.37. The highest BCUT2D eigenvalue weighted by Gasteiger charge is 2.66. The van der Waals surface area contributed by atoms with Crippen molar-refractivity contribution in [1.82, 2.24) is 0 Å². The number of carbonyl (C=O) groups is 5. The molecular weight excluding hydrogens is 521 g/mol. The van der Waals surface area contributed by atoms with Crippen LogP contribution in [-0.2, 0) is 23.9 Å². The number of hydrogen-bond donors (Lipinski definition) is 2. The van der Waals surface area contributed by atoms with E-state index in [4.69, 9.17) is 27.9 Å². The fourth-order valence-corrected chi connectivity index (χ4v) is 6.52. The molecule has 192 valence electrons. The molecule has 0 spiro atoms. The van der Waals surface area contributed by atoms with Gasteiger partial charge in [-0.05, 0) is 60.7 Å². The Balaban J connectivity index is 1.21. The van der Waals surface area contributed by atoms with Crippen LogP contribution in [0.2, 0.25) is 0 Å². The number of anilines is 3. The van der Waals surface area contributed by atoms with Gasteiger partial charge in [0.05, 0.1) is 33.8 Å². The van der Waals surface area contributed by atoms with Crippen molar-refractivity contribution in [2.24, 2.45) is 23.7 Å².